The number of rotatable bonds is 9. The number of alkyl halides is 2. The molecule has 2 fully saturated rings. The van der Waals surface area contributed by atoms with Gasteiger partial charge in [0.2, 0.25) is 10.0 Å². The molecule has 0 bridgehead atoms. The van der Waals surface area contributed by atoms with Gasteiger partial charge in [-0.3, -0.25) is 9.20 Å². The van der Waals surface area contributed by atoms with Gasteiger partial charge in [0.05, 0.1) is 24.8 Å². The number of methoxy groups -OCH3 is 1. The molecule has 2 aliphatic rings. The van der Waals surface area contributed by atoms with Crippen LogP contribution in [0.4, 0.5) is 14.6 Å². The van der Waals surface area contributed by atoms with Crippen molar-refractivity contribution in [1.82, 2.24) is 29.6 Å². The van der Waals surface area contributed by atoms with Crippen molar-refractivity contribution in [2.24, 2.45) is 11.8 Å². The summed E-state index contributed by atoms with van der Waals surface area (Å²) in [6.07, 6.45) is 3.76. The maximum atomic E-state index is 13.8. The van der Waals surface area contributed by atoms with Gasteiger partial charge < -0.3 is 19.9 Å². The van der Waals surface area contributed by atoms with Gasteiger partial charge in [-0.05, 0) is 68.8 Å². The van der Waals surface area contributed by atoms with Crippen molar-refractivity contribution in [2.75, 3.05) is 30.8 Å². The van der Waals surface area contributed by atoms with E-state index in [1.165, 1.54) is 13.2 Å². The number of carbonyl (C=O) groups is 1. The molecule has 1 aliphatic carbocycles. The third kappa shape index (κ3) is 5.53. The highest BCUT2D eigenvalue weighted by atomic mass is 32.2. The average molecular weight is 616 g/mol. The number of fused-ring (bicyclic) bond motifs is 2. The number of hydrogen-bond donors (Lipinski definition) is 2. The fraction of sp³-hybridized carbons (Fsp3) is 0.483. The Bertz CT molecular complexity index is 1820. The number of amides is 1. The molecule has 43 heavy (non-hydrogen) atoms. The standard InChI is InChI=1S/C29H35F2N7O4S/c1-16-9-10-32-14-21(16)33-28(39)20-12-24-34-26(17(2)37(24)25(13-20)42-3)22-11-19-7-8-23(38(29(30)31)43(4,40)41)35-27(19)36(22)15-18-5-6-18/h7-8,11-13,16,18,21,29,32H,5-6,9-10,14-15H2,1-4H3,(H,33,39)/t16-,21-/m1/s1. The maximum absolute atomic E-state index is 13.8. The number of ether oxygens (including phenoxy) is 1. The van der Waals surface area contributed by atoms with E-state index < -0.39 is 16.6 Å². The number of sulfonamides is 1. The van der Waals surface area contributed by atoms with Gasteiger partial charge in [-0.15, -0.1) is 0 Å². The molecule has 1 aliphatic heterocycles. The first-order valence-electron chi connectivity index (χ1n) is 14.3. The van der Waals surface area contributed by atoms with E-state index in [0.717, 1.165) is 37.8 Å². The largest absolute Gasteiger partial charge is 0.482 e. The molecular weight excluding hydrogens is 580 g/mol. The third-order valence-corrected chi connectivity index (χ3v) is 9.46. The van der Waals surface area contributed by atoms with E-state index in [1.54, 1.807) is 18.2 Å². The van der Waals surface area contributed by atoms with Gasteiger partial charge in [0, 0.05) is 36.1 Å². The van der Waals surface area contributed by atoms with Gasteiger partial charge >= 0.3 is 6.55 Å². The number of aryl methyl sites for hydroxylation is 1. The highest BCUT2D eigenvalue weighted by Crippen LogP contribution is 2.38. The molecule has 5 heterocycles. The molecule has 14 heteroatoms. The Hall–Kier alpha value is -3.78. The fourth-order valence-electron chi connectivity index (χ4n) is 5.83. The second-order valence-electron chi connectivity index (χ2n) is 11.6. The lowest BCUT2D eigenvalue weighted by Gasteiger charge is -2.30. The highest BCUT2D eigenvalue weighted by Gasteiger charge is 2.31. The molecule has 2 atom stereocenters. The smallest absolute Gasteiger partial charge is 0.329 e. The number of nitrogens with zero attached hydrogens (tertiary/aromatic N) is 5. The molecule has 6 rings (SSSR count). The SMILES string of the molecule is COc1cc(C(=O)N[C@@H]2CNCC[C@H]2C)cc2nc(-c3cc4ccc(N(C(F)F)S(C)(=O)=O)nc4n3CC3CC3)c(C)n12. The molecule has 2 N–H and O–H groups in total. The van der Waals surface area contributed by atoms with Crippen LogP contribution in [-0.2, 0) is 16.6 Å². The van der Waals surface area contributed by atoms with Crippen LogP contribution in [0.1, 0.15) is 42.2 Å². The third-order valence-electron chi connectivity index (χ3n) is 8.40. The molecule has 4 aromatic rings. The number of carbonyl (C=O) groups excluding carboxylic acids is 1. The molecule has 11 nitrogen and oxygen atoms in total. The van der Waals surface area contributed by atoms with Crippen LogP contribution in [0, 0.1) is 18.8 Å². The summed E-state index contributed by atoms with van der Waals surface area (Å²) in [6.45, 7) is 2.97. The van der Waals surface area contributed by atoms with E-state index in [2.05, 4.69) is 22.5 Å². The van der Waals surface area contributed by atoms with Crippen molar-refractivity contribution in [3.8, 4) is 17.3 Å². The molecule has 1 saturated carbocycles. The Balaban J connectivity index is 1.45. The van der Waals surface area contributed by atoms with Crippen molar-refractivity contribution in [1.29, 1.82) is 0 Å². The lowest BCUT2D eigenvalue weighted by molar-refractivity contribution is 0.0914. The number of anilines is 1. The Labute approximate surface area is 248 Å². The zero-order chi connectivity index (χ0) is 30.6. The summed E-state index contributed by atoms with van der Waals surface area (Å²) in [5.41, 5.74) is 3.43. The van der Waals surface area contributed by atoms with Crippen molar-refractivity contribution in [3.63, 3.8) is 0 Å². The zero-order valence-corrected chi connectivity index (χ0v) is 25.3. The molecule has 4 aromatic heterocycles. The van der Waals surface area contributed by atoms with Gasteiger partial charge in [0.1, 0.15) is 22.8 Å². The minimum atomic E-state index is -4.26. The van der Waals surface area contributed by atoms with E-state index in [0.29, 0.717) is 64.4 Å². The predicted molar refractivity (Wildman–Crippen MR) is 159 cm³/mol. The summed E-state index contributed by atoms with van der Waals surface area (Å²) in [7, 11) is -2.73. The molecule has 0 spiro atoms. The fourth-order valence-corrected chi connectivity index (χ4v) is 6.56. The molecule has 230 valence electrons. The van der Waals surface area contributed by atoms with E-state index in [1.807, 2.05) is 22.0 Å². The molecule has 0 aromatic carbocycles. The van der Waals surface area contributed by atoms with Gasteiger partial charge in [0.25, 0.3) is 5.91 Å². The van der Waals surface area contributed by atoms with Crippen LogP contribution in [0.25, 0.3) is 28.1 Å². The van der Waals surface area contributed by atoms with Crippen LogP contribution in [0.3, 0.4) is 0 Å². The van der Waals surface area contributed by atoms with Crippen molar-refractivity contribution >= 4 is 38.4 Å². The minimum Gasteiger partial charge on any atom is -0.482 e. The monoisotopic (exact) mass is 615 g/mol. The molecular formula is C29H35F2N7O4S. The maximum Gasteiger partial charge on any atom is 0.329 e. The summed E-state index contributed by atoms with van der Waals surface area (Å²) in [4.78, 5) is 22.6. The minimum absolute atomic E-state index is 0.0136. The van der Waals surface area contributed by atoms with Crippen LogP contribution >= 0.6 is 0 Å². The Morgan fingerprint density at radius 2 is 1.98 bits per heavy atom. The Morgan fingerprint density at radius 3 is 2.63 bits per heavy atom. The number of hydrogen-bond acceptors (Lipinski definition) is 7. The van der Waals surface area contributed by atoms with Crippen molar-refractivity contribution < 1.29 is 26.7 Å². The lowest BCUT2D eigenvalue weighted by atomic mass is 9.94. The highest BCUT2D eigenvalue weighted by molar-refractivity contribution is 7.92. The second-order valence-corrected chi connectivity index (χ2v) is 13.4. The van der Waals surface area contributed by atoms with E-state index in [4.69, 9.17) is 9.72 Å². The Morgan fingerprint density at radius 1 is 1.21 bits per heavy atom. The summed E-state index contributed by atoms with van der Waals surface area (Å²) < 4.78 is 61.4. The average Bonchev–Trinajstić information content (AvgIpc) is 3.62. The topological polar surface area (TPSA) is 123 Å². The number of nitrogens with one attached hydrogen (secondary N) is 2. The Kier molecular flexibility index (Phi) is 7.53. The summed E-state index contributed by atoms with van der Waals surface area (Å²) in [6, 6.07) is 8.20. The van der Waals surface area contributed by atoms with Crippen LogP contribution in [0.5, 0.6) is 5.88 Å². The first-order chi connectivity index (χ1) is 20.5. The van der Waals surface area contributed by atoms with E-state index in [-0.39, 0.29) is 22.1 Å². The van der Waals surface area contributed by atoms with Crippen LogP contribution in [-0.4, -0.2) is 72.3 Å². The number of piperidine rings is 1. The van der Waals surface area contributed by atoms with Gasteiger partial charge in [-0.1, -0.05) is 6.92 Å². The number of halogens is 2. The molecule has 0 unspecified atom stereocenters. The predicted octanol–water partition coefficient (Wildman–Crippen LogP) is 3.79. The van der Waals surface area contributed by atoms with Gasteiger partial charge in [0.15, 0.2) is 5.88 Å². The summed E-state index contributed by atoms with van der Waals surface area (Å²) in [5, 5.41) is 7.13. The molecule has 1 amide bonds. The van der Waals surface area contributed by atoms with Crippen molar-refractivity contribution in [2.45, 2.75) is 52.2 Å². The lowest BCUT2D eigenvalue weighted by Crippen LogP contribution is -2.50. The zero-order valence-electron chi connectivity index (χ0n) is 24.5. The van der Waals surface area contributed by atoms with Gasteiger partial charge in [-0.25, -0.2) is 18.4 Å². The second kappa shape index (κ2) is 11.1. The van der Waals surface area contributed by atoms with Crippen LogP contribution in [0.2, 0.25) is 0 Å². The first-order valence-corrected chi connectivity index (χ1v) is 16.2. The number of imidazole rings is 1. The van der Waals surface area contributed by atoms with Crippen LogP contribution < -0.4 is 19.7 Å². The van der Waals surface area contributed by atoms with Crippen molar-refractivity contribution in [3.05, 3.63) is 41.6 Å². The molecule has 1 saturated heterocycles. The van der Waals surface area contributed by atoms with E-state index >= 15 is 0 Å². The van der Waals surface area contributed by atoms with E-state index in [9.17, 15) is 22.0 Å². The number of pyridine rings is 2. The quantitative estimate of drug-likeness (QED) is 0.275. The number of aromatic nitrogens is 4. The van der Waals surface area contributed by atoms with Gasteiger partial charge in [-0.2, -0.15) is 13.1 Å². The normalized spacial score (nSPS) is 19.3. The summed E-state index contributed by atoms with van der Waals surface area (Å²) >= 11 is 0. The first kappa shape index (κ1) is 29.3. The summed E-state index contributed by atoms with van der Waals surface area (Å²) in [5.74, 6) is 0.624. The van der Waals surface area contributed by atoms with Crippen LogP contribution in [0.15, 0.2) is 30.3 Å². The molecule has 0 radical (unpaired) electrons.